The molecule has 22 nitrogen and oxygen atoms in total. The van der Waals surface area contributed by atoms with Gasteiger partial charge in [0.15, 0.2) is 62.1 Å². The quantitative estimate of drug-likeness (QED) is 0.0356. The lowest BCUT2D eigenvalue weighted by molar-refractivity contribution is -0.120. The molecule has 0 aliphatic carbocycles. The van der Waals surface area contributed by atoms with Crippen molar-refractivity contribution < 1.29 is 98.0 Å². The smallest absolute Gasteiger partial charge is 0.258 e. The Bertz CT molecular complexity index is 6350. The summed E-state index contributed by atoms with van der Waals surface area (Å²) in [6.07, 6.45) is 2.00. The molecule has 29 heteroatoms. The van der Waals surface area contributed by atoms with Gasteiger partial charge in [-0.2, -0.15) is 0 Å². The summed E-state index contributed by atoms with van der Waals surface area (Å²) in [6.45, 7) is 3.91. The van der Waals surface area contributed by atoms with Crippen LogP contribution in [-0.4, -0.2) is 123 Å². The van der Waals surface area contributed by atoms with E-state index in [2.05, 4.69) is 5.32 Å². The molecule has 142 heavy (non-hydrogen) atoms. The Balaban J connectivity index is 0.000000170. The predicted octanol–water partition coefficient (Wildman–Crippen LogP) is 26.4. The Morgan fingerprint density at radius 2 is 0.549 bits per heavy atom. The van der Waals surface area contributed by atoms with Crippen molar-refractivity contribution in [3.8, 4) is 92.0 Å². The Hall–Kier alpha value is -15.6. The van der Waals surface area contributed by atoms with Gasteiger partial charge in [0.05, 0.1) is 95.3 Å². The number of anilines is 5. The first-order valence-electron chi connectivity index (χ1n) is 45.5. The predicted molar refractivity (Wildman–Crippen MR) is 546 cm³/mol. The molecule has 1 heterocycles. The molecule has 15 rings (SSSR count). The van der Waals surface area contributed by atoms with E-state index in [1.54, 1.807) is 173 Å². The molecule has 0 saturated carbocycles. The fourth-order valence-electron chi connectivity index (χ4n) is 14.7. The van der Waals surface area contributed by atoms with Crippen LogP contribution < -0.4 is 81.9 Å². The van der Waals surface area contributed by atoms with E-state index in [-0.39, 0.29) is 44.4 Å². The summed E-state index contributed by atoms with van der Waals surface area (Å²) in [5.74, 6) is 5.64. The maximum Gasteiger partial charge on any atom is 0.258 e. The average Bonchev–Trinajstić information content (AvgIpc) is 0.906. The summed E-state index contributed by atoms with van der Waals surface area (Å²) < 4.78 is 130. The SMILES string of the molecule is CC(C)Oc1ccccc1CN(C(=O)CF)c1cc(Cl)ccc1Oc1ccccc1.CC(C)Oc1ccccc1CN(C(=O)CF)c1ccccc1Oc1ccccc1.COc1ccc(OC)c(CN(C(=O)CF)c2cc(Cl)ccc2Oc2ccccc2)c1.COc1ccc(OC)c(CN(C(=O)CF)c2ccccc2Oc2ccccc2)c1.O=C(CF)N(CC1CCCN1)c1ccccc1Oc1ccccc1. The van der Waals surface area contributed by atoms with Crippen molar-refractivity contribution in [2.45, 2.75) is 85.0 Å². The molecule has 1 fully saturated rings. The highest BCUT2D eigenvalue weighted by atomic mass is 35.5. The monoisotopic (exact) mass is 1970 g/mol. The highest BCUT2D eigenvalue weighted by Crippen LogP contribution is 2.43. The summed E-state index contributed by atoms with van der Waals surface area (Å²) in [6, 6.07) is 103. The van der Waals surface area contributed by atoms with Gasteiger partial charge in [-0.3, -0.25) is 24.0 Å². The van der Waals surface area contributed by atoms with E-state index >= 15 is 0 Å². The lowest BCUT2D eigenvalue weighted by atomic mass is 10.1. The number of para-hydroxylation sites is 13. The molecule has 14 aromatic rings. The van der Waals surface area contributed by atoms with E-state index in [4.69, 9.17) is 75.3 Å². The molecule has 1 atom stereocenters. The van der Waals surface area contributed by atoms with Gasteiger partial charge in [-0.05, 0) is 229 Å². The number of hydrogen-bond acceptors (Lipinski definition) is 17. The fourth-order valence-corrected chi connectivity index (χ4v) is 15.0. The Kier molecular flexibility index (Phi) is 42.0. The lowest BCUT2D eigenvalue weighted by Crippen LogP contribution is -2.42. The fraction of sp³-hybridized carbons (Fsp3) is 0.212. The summed E-state index contributed by atoms with van der Waals surface area (Å²) in [5.41, 5.74) is 5.15. The largest absolute Gasteiger partial charge is 0.497 e. The first-order chi connectivity index (χ1) is 69.0. The number of amides is 5. The van der Waals surface area contributed by atoms with Crippen LogP contribution in [0.1, 0.15) is 62.8 Å². The van der Waals surface area contributed by atoms with Crippen LogP contribution in [0.15, 0.2) is 346 Å². The van der Waals surface area contributed by atoms with Crippen LogP contribution in [0.25, 0.3) is 0 Å². The van der Waals surface area contributed by atoms with Crippen molar-refractivity contribution in [2.75, 3.05) is 99.4 Å². The Morgan fingerprint density at radius 3 is 0.838 bits per heavy atom. The van der Waals surface area contributed by atoms with E-state index < -0.39 is 62.9 Å². The average molecular weight is 1980 g/mol. The summed E-state index contributed by atoms with van der Waals surface area (Å²) >= 11 is 12.4. The van der Waals surface area contributed by atoms with Gasteiger partial charge in [-0.15, -0.1) is 0 Å². The van der Waals surface area contributed by atoms with Crippen molar-refractivity contribution >= 4 is 81.2 Å². The normalized spacial score (nSPS) is 11.6. The highest BCUT2D eigenvalue weighted by molar-refractivity contribution is 6.31. The first-order valence-corrected chi connectivity index (χ1v) is 46.3. The molecule has 14 aromatic carbocycles. The molecule has 0 aromatic heterocycles. The molecule has 1 aliphatic heterocycles. The van der Waals surface area contributed by atoms with Crippen molar-refractivity contribution in [1.29, 1.82) is 0 Å². The van der Waals surface area contributed by atoms with Crippen molar-refractivity contribution in [1.82, 2.24) is 5.32 Å². The van der Waals surface area contributed by atoms with Gasteiger partial charge < -0.3 is 81.9 Å². The second-order valence-electron chi connectivity index (χ2n) is 32.0. The van der Waals surface area contributed by atoms with E-state index in [9.17, 15) is 45.9 Å². The topological polar surface area (TPSA) is 215 Å². The maximum atomic E-state index is 13.5. The first kappa shape index (κ1) is 107. The van der Waals surface area contributed by atoms with Gasteiger partial charge in [0.1, 0.15) is 63.2 Å². The van der Waals surface area contributed by atoms with Gasteiger partial charge in [0.25, 0.3) is 29.5 Å². The lowest BCUT2D eigenvalue weighted by Gasteiger charge is -2.26. The zero-order chi connectivity index (χ0) is 101. The van der Waals surface area contributed by atoms with Crippen molar-refractivity contribution in [3.05, 3.63) is 378 Å². The second kappa shape index (κ2) is 55.9. The van der Waals surface area contributed by atoms with E-state index in [1.807, 2.05) is 222 Å². The molecule has 0 spiro atoms. The Morgan fingerprint density at radius 1 is 0.289 bits per heavy atom. The van der Waals surface area contributed by atoms with E-state index in [0.29, 0.717) is 148 Å². The van der Waals surface area contributed by atoms with E-state index in [1.165, 1.54) is 31.6 Å². The maximum absolute atomic E-state index is 13.5. The number of methoxy groups -OCH3 is 4. The van der Waals surface area contributed by atoms with Crippen molar-refractivity contribution in [3.63, 3.8) is 0 Å². The number of rotatable bonds is 38. The number of carbonyl (C=O) groups is 5. The number of halogens is 7. The van der Waals surface area contributed by atoms with Crippen molar-refractivity contribution in [2.24, 2.45) is 0 Å². The number of hydrogen-bond donors (Lipinski definition) is 1. The third-order valence-corrected chi connectivity index (χ3v) is 21.8. The standard InChI is InChI=1S/C24H23ClFNO3.C24H24FNO3.C23H21ClFNO4.C23H22FNO4.C19H21FN2O2/c1-17(2)29-22-11-7-6-8-18(22)16-27(24(28)15-26)21-14-19(25)12-13-23(21)30-20-9-4-3-5-10-20;1-18(2)28-22-14-8-6-10-19(22)17-26(24(27)16-25)21-13-7-9-15-23(21)29-20-11-4-3-5-12-20;1-28-19-9-11-21(29-2)16(12-19)15-26(23(27)14-25)20-13-17(24)8-10-22(20)30-18-6-4-3-5-7-18;1-27-19-12-13-21(28-2)17(14-19)16-25(23(26)15-24)20-10-6-7-11-22(20)29-18-8-4-3-5-9-18;20-13-19(23)22(14-15-7-6-12-21-15)17-10-4-5-11-18(17)24-16-8-2-1-3-9-16/h3-14,17H,15-16H2,1-2H3;3-15,18H,16-17H2,1-2H3;3-13H,14-15H2,1-2H3;3-14H,15-16H2,1-2H3;1-5,8-11,15,21H,6-7,12-14H2. The molecular formula is C113H111Cl2F5N6O16. The summed E-state index contributed by atoms with van der Waals surface area (Å²) in [5, 5.41) is 4.15. The van der Waals surface area contributed by atoms with Gasteiger partial charge in [0.2, 0.25) is 0 Å². The van der Waals surface area contributed by atoms with Crippen LogP contribution in [0.4, 0.5) is 50.4 Å². The zero-order valence-electron chi connectivity index (χ0n) is 79.7. The molecule has 1 aliphatic rings. The molecule has 1 saturated heterocycles. The van der Waals surface area contributed by atoms with Gasteiger partial charge in [0, 0.05) is 44.9 Å². The summed E-state index contributed by atoms with van der Waals surface area (Å²) in [7, 11) is 6.16. The number of carbonyl (C=O) groups excluding carboxylic acids is 5. The second-order valence-corrected chi connectivity index (χ2v) is 32.9. The zero-order valence-corrected chi connectivity index (χ0v) is 81.3. The minimum Gasteiger partial charge on any atom is -0.497 e. The molecular weight excluding hydrogens is 1860 g/mol. The third kappa shape index (κ3) is 31.7. The van der Waals surface area contributed by atoms with Crippen LogP contribution in [0.5, 0.6) is 92.0 Å². The molecule has 0 radical (unpaired) electrons. The molecule has 738 valence electrons. The van der Waals surface area contributed by atoms with Gasteiger partial charge in [-0.25, -0.2) is 22.0 Å². The minimum atomic E-state index is -1.18. The van der Waals surface area contributed by atoms with E-state index in [0.717, 1.165) is 30.5 Å². The van der Waals surface area contributed by atoms with Gasteiger partial charge >= 0.3 is 0 Å². The van der Waals surface area contributed by atoms with Crippen LogP contribution >= 0.6 is 23.2 Å². The third-order valence-electron chi connectivity index (χ3n) is 21.3. The number of nitrogens with zero attached hydrogens (tertiary/aromatic N) is 5. The Labute approximate surface area is 834 Å². The number of benzene rings is 14. The van der Waals surface area contributed by atoms with Crippen LogP contribution in [-0.2, 0) is 50.2 Å². The molecule has 1 N–H and O–H groups in total. The van der Waals surface area contributed by atoms with Gasteiger partial charge in [-0.1, -0.05) is 187 Å². The number of ether oxygens (including phenoxy) is 11. The number of nitrogens with one attached hydrogen (secondary N) is 1. The van der Waals surface area contributed by atoms with Crippen LogP contribution in [0.2, 0.25) is 10.0 Å². The molecule has 0 bridgehead atoms. The summed E-state index contributed by atoms with van der Waals surface area (Å²) in [4.78, 5) is 69.2. The highest BCUT2D eigenvalue weighted by Gasteiger charge is 2.30. The number of alkyl halides is 5. The van der Waals surface area contributed by atoms with Crippen LogP contribution in [0, 0.1) is 0 Å². The minimum absolute atomic E-state index is 0.0184. The molecule has 1 unspecified atom stereocenters. The van der Waals surface area contributed by atoms with Crippen LogP contribution in [0.3, 0.4) is 0 Å². The molecule has 5 amide bonds.